The van der Waals surface area contributed by atoms with E-state index in [1.165, 1.54) is 5.56 Å². The van der Waals surface area contributed by atoms with Crippen LogP contribution in [0.2, 0.25) is 0 Å². The van der Waals surface area contributed by atoms with E-state index in [1.807, 2.05) is 12.1 Å². The Hall–Kier alpha value is -2.47. The molecule has 132 valence electrons. The van der Waals surface area contributed by atoms with Crippen LogP contribution in [0.1, 0.15) is 36.7 Å². The summed E-state index contributed by atoms with van der Waals surface area (Å²) in [5, 5.41) is 3.16. The Morgan fingerprint density at radius 3 is 2.24 bits per heavy atom. The molecule has 25 heavy (non-hydrogen) atoms. The zero-order chi connectivity index (χ0) is 17.9. The fourth-order valence-corrected chi connectivity index (χ4v) is 2.63. The van der Waals surface area contributed by atoms with Crippen molar-refractivity contribution >= 4 is 17.5 Å². The highest BCUT2D eigenvalue weighted by atomic mass is 16.5. The van der Waals surface area contributed by atoms with Gasteiger partial charge in [0.25, 0.3) is 5.91 Å². The number of hydrogen-bond acceptors (Lipinski definition) is 5. The van der Waals surface area contributed by atoms with Crippen LogP contribution in [0.5, 0.6) is 0 Å². The number of ether oxygens (including phenoxy) is 1. The van der Waals surface area contributed by atoms with Gasteiger partial charge in [-0.15, -0.1) is 0 Å². The quantitative estimate of drug-likeness (QED) is 0.930. The molecule has 1 amide bonds. The maximum absolute atomic E-state index is 12.4. The maximum Gasteiger partial charge on any atom is 0.257 e. The van der Waals surface area contributed by atoms with Gasteiger partial charge in [-0.2, -0.15) is 0 Å². The minimum atomic E-state index is -0.0515. The standard InChI is InChI=1S/C19H24N4O2/c1-19(2,3)15-4-6-16(7-5-15)22-18-20-12-14(13-21-18)17(24)23-8-10-25-11-9-23/h4-7,12-13H,8-11H2,1-3H3,(H,20,21,22). The van der Waals surface area contributed by atoms with Crippen molar-refractivity contribution in [3.63, 3.8) is 0 Å². The number of amides is 1. The fourth-order valence-electron chi connectivity index (χ4n) is 2.63. The fraction of sp³-hybridized carbons (Fsp3) is 0.421. The topological polar surface area (TPSA) is 67.4 Å². The van der Waals surface area contributed by atoms with Gasteiger partial charge in [-0.1, -0.05) is 32.9 Å². The number of aromatic nitrogens is 2. The molecule has 0 spiro atoms. The molecule has 0 bridgehead atoms. The third-order valence-electron chi connectivity index (χ3n) is 4.20. The molecule has 1 N–H and O–H groups in total. The lowest BCUT2D eigenvalue weighted by Crippen LogP contribution is -2.40. The number of carbonyl (C=O) groups is 1. The Morgan fingerprint density at radius 2 is 1.68 bits per heavy atom. The summed E-state index contributed by atoms with van der Waals surface area (Å²) in [7, 11) is 0. The minimum absolute atomic E-state index is 0.0515. The molecule has 1 fully saturated rings. The maximum atomic E-state index is 12.4. The van der Waals surface area contributed by atoms with Crippen molar-refractivity contribution in [1.29, 1.82) is 0 Å². The van der Waals surface area contributed by atoms with Crippen molar-refractivity contribution in [2.75, 3.05) is 31.6 Å². The largest absolute Gasteiger partial charge is 0.378 e. The lowest BCUT2D eigenvalue weighted by molar-refractivity contribution is 0.0302. The summed E-state index contributed by atoms with van der Waals surface area (Å²) in [6, 6.07) is 8.21. The van der Waals surface area contributed by atoms with Gasteiger partial charge in [-0.3, -0.25) is 4.79 Å². The van der Waals surface area contributed by atoms with Crippen LogP contribution in [-0.2, 0) is 10.2 Å². The van der Waals surface area contributed by atoms with Crippen LogP contribution in [-0.4, -0.2) is 47.1 Å². The van der Waals surface area contributed by atoms with Crippen LogP contribution in [0, 0.1) is 0 Å². The van der Waals surface area contributed by atoms with Gasteiger partial charge in [0.15, 0.2) is 0 Å². The number of nitrogens with zero attached hydrogens (tertiary/aromatic N) is 3. The first kappa shape index (κ1) is 17.4. The number of benzene rings is 1. The van der Waals surface area contributed by atoms with Gasteiger partial charge in [0, 0.05) is 31.2 Å². The number of morpholine rings is 1. The number of carbonyl (C=O) groups excluding carboxylic acids is 1. The van der Waals surface area contributed by atoms with Crippen LogP contribution in [0.15, 0.2) is 36.7 Å². The highest BCUT2D eigenvalue weighted by Crippen LogP contribution is 2.24. The second kappa shape index (κ2) is 7.19. The SMILES string of the molecule is CC(C)(C)c1ccc(Nc2ncc(C(=O)N3CCOCC3)cn2)cc1. The van der Waals surface area contributed by atoms with E-state index in [4.69, 9.17) is 4.74 Å². The van der Waals surface area contributed by atoms with Crippen molar-refractivity contribution in [2.24, 2.45) is 0 Å². The summed E-state index contributed by atoms with van der Waals surface area (Å²) >= 11 is 0. The van der Waals surface area contributed by atoms with Crippen LogP contribution < -0.4 is 5.32 Å². The molecule has 1 aromatic heterocycles. The Labute approximate surface area is 148 Å². The zero-order valence-electron chi connectivity index (χ0n) is 15.0. The van der Waals surface area contributed by atoms with Gasteiger partial charge in [0.05, 0.1) is 18.8 Å². The summed E-state index contributed by atoms with van der Waals surface area (Å²) in [5.41, 5.74) is 2.80. The van der Waals surface area contributed by atoms with Gasteiger partial charge < -0.3 is 15.0 Å². The average molecular weight is 340 g/mol. The van der Waals surface area contributed by atoms with Crippen LogP contribution in [0.3, 0.4) is 0 Å². The van der Waals surface area contributed by atoms with E-state index >= 15 is 0 Å². The molecular weight excluding hydrogens is 316 g/mol. The lowest BCUT2D eigenvalue weighted by atomic mass is 9.87. The van der Waals surface area contributed by atoms with Gasteiger partial charge >= 0.3 is 0 Å². The van der Waals surface area contributed by atoms with Crippen molar-refractivity contribution in [3.8, 4) is 0 Å². The smallest absolute Gasteiger partial charge is 0.257 e. The first-order valence-electron chi connectivity index (χ1n) is 8.50. The average Bonchev–Trinajstić information content (AvgIpc) is 2.62. The van der Waals surface area contributed by atoms with E-state index in [0.717, 1.165) is 5.69 Å². The lowest BCUT2D eigenvalue weighted by Gasteiger charge is -2.26. The molecule has 1 saturated heterocycles. The second-order valence-corrected chi connectivity index (χ2v) is 7.15. The number of nitrogens with one attached hydrogen (secondary N) is 1. The van der Waals surface area contributed by atoms with Crippen LogP contribution in [0.25, 0.3) is 0 Å². The first-order chi connectivity index (χ1) is 11.9. The van der Waals surface area contributed by atoms with Crippen LogP contribution in [0.4, 0.5) is 11.6 Å². The highest BCUT2D eigenvalue weighted by Gasteiger charge is 2.19. The predicted molar refractivity (Wildman–Crippen MR) is 97.2 cm³/mol. The third kappa shape index (κ3) is 4.33. The zero-order valence-corrected chi connectivity index (χ0v) is 15.0. The van der Waals surface area contributed by atoms with E-state index in [0.29, 0.717) is 37.8 Å². The molecule has 1 aromatic carbocycles. The summed E-state index contributed by atoms with van der Waals surface area (Å²) in [5.74, 6) is 0.423. The van der Waals surface area contributed by atoms with E-state index in [2.05, 4.69) is 48.2 Å². The molecule has 1 aliphatic rings. The predicted octanol–water partition coefficient (Wildman–Crippen LogP) is 2.99. The molecule has 6 heteroatoms. The molecule has 2 heterocycles. The van der Waals surface area contributed by atoms with Gasteiger partial charge in [-0.25, -0.2) is 9.97 Å². The van der Waals surface area contributed by atoms with E-state index in [1.54, 1.807) is 17.3 Å². The van der Waals surface area contributed by atoms with Gasteiger partial charge in [0.2, 0.25) is 5.95 Å². The Morgan fingerprint density at radius 1 is 1.08 bits per heavy atom. The molecule has 1 aliphatic heterocycles. The summed E-state index contributed by atoms with van der Waals surface area (Å²) in [4.78, 5) is 22.7. The Bertz CT molecular complexity index is 715. The van der Waals surface area contributed by atoms with Gasteiger partial charge in [0.1, 0.15) is 0 Å². The second-order valence-electron chi connectivity index (χ2n) is 7.15. The number of hydrogen-bond donors (Lipinski definition) is 1. The molecule has 3 rings (SSSR count). The molecule has 0 radical (unpaired) electrons. The van der Waals surface area contributed by atoms with Crippen molar-refractivity contribution in [2.45, 2.75) is 26.2 Å². The van der Waals surface area contributed by atoms with Gasteiger partial charge in [-0.05, 0) is 23.1 Å². The van der Waals surface area contributed by atoms with E-state index in [-0.39, 0.29) is 11.3 Å². The van der Waals surface area contributed by atoms with Crippen molar-refractivity contribution < 1.29 is 9.53 Å². The molecule has 0 unspecified atom stereocenters. The third-order valence-corrected chi connectivity index (χ3v) is 4.20. The van der Waals surface area contributed by atoms with Crippen LogP contribution >= 0.6 is 0 Å². The van der Waals surface area contributed by atoms with E-state index in [9.17, 15) is 4.79 Å². The Balaban J connectivity index is 1.65. The minimum Gasteiger partial charge on any atom is -0.378 e. The van der Waals surface area contributed by atoms with Crippen molar-refractivity contribution in [3.05, 3.63) is 47.8 Å². The van der Waals surface area contributed by atoms with E-state index < -0.39 is 0 Å². The normalized spacial score (nSPS) is 15.1. The summed E-state index contributed by atoms with van der Waals surface area (Å²) < 4.78 is 5.27. The van der Waals surface area contributed by atoms with Crippen molar-refractivity contribution in [1.82, 2.24) is 14.9 Å². The molecule has 2 aromatic rings. The molecule has 6 nitrogen and oxygen atoms in total. The molecular formula is C19H24N4O2. The molecule has 0 saturated carbocycles. The molecule has 0 aliphatic carbocycles. The number of rotatable bonds is 3. The number of anilines is 2. The summed E-state index contributed by atoms with van der Waals surface area (Å²) in [6.07, 6.45) is 3.13. The molecule has 0 atom stereocenters. The monoisotopic (exact) mass is 340 g/mol. The first-order valence-corrected chi connectivity index (χ1v) is 8.50. The highest BCUT2D eigenvalue weighted by molar-refractivity contribution is 5.93. The summed E-state index contributed by atoms with van der Waals surface area (Å²) in [6.45, 7) is 8.93. The Kier molecular flexibility index (Phi) is 4.99.